The third-order valence-corrected chi connectivity index (χ3v) is 3.99. The van der Waals surface area contributed by atoms with Gasteiger partial charge in [0.05, 0.1) is 15.5 Å². The van der Waals surface area contributed by atoms with Crippen molar-refractivity contribution in [3.05, 3.63) is 28.8 Å². The van der Waals surface area contributed by atoms with Crippen molar-refractivity contribution < 1.29 is 18.3 Å². The van der Waals surface area contributed by atoms with Gasteiger partial charge < -0.3 is 5.11 Å². The summed E-state index contributed by atoms with van der Waals surface area (Å²) >= 11 is 5.75. The van der Waals surface area contributed by atoms with Crippen LogP contribution < -0.4 is 4.72 Å². The summed E-state index contributed by atoms with van der Waals surface area (Å²) in [6, 6.07) is 3.53. The highest BCUT2D eigenvalue weighted by molar-refractivity contribution is 7.89. The lowest BCUT2D eigenvalue weighted by atomic mass is 9.98. The highest BCUT2D eigenvalue weighted by Gasteiger charge is 2.20. The summed E-state index contributed by atoms with van der Waals surface area (Å²) in [6.45, 7) is 5.97. The number of aromatic carboxylic acids is 1. The van der Waals surface area contributed by atoms with Crippen LogP contribution >= 0.6 is 11.6 Å². The smallest absolute Gasteiger partial charge is 0.337 e. The first-order valence-electron chi connectivity index (χ1n) is 5.55. The molecule has 0 spiro atoms. The molecule has 0 atom stereocenters. The number of carboxylic acids is 1. The third kappa shape index (κ3) is 4.49. The van der Waals surface area contributed by atoms with Gasteiger partial charge in [0.2, 0.25) is 10.0 Å². The molecule has 0 saturated carbocycles. The lowest BCUT2D eigenvalue weighted by Gasteiger charge is -2.18. The Morgan fingerprint density at radius 2 is 1.95 bits per heavy atom. The van der Waals surface area contributed by atoms with E-state index in [4.69, 9.17) is 16.7 Å². The van der Waals surface area contributed by atoms with Crippen LogP contribution in [-0.2, 0) is 10.0 Å². The summed E-state index contributed by atoms with van der Waals surface area (Å²) in [5, 5.41) is 8.71. The predicted octanol–water partition coefficient (Wildman–Crippen LogP) is 2.36. The van der Waals surface area contributed by atoms with Crippen molar-refractivity contribution in [2.45, 2.75) is 25.7 Å². The van der Waals surface area contributed by atoms with Crippen LogP contribution in [0.3, 0.4) is 0 Å². The molecule has 5 nitrogen and oxygen atoms in total. The molecule has 1 rings (SSSR count). The molecular formula is C12H16ClNO4S. The van der Waals surface area contributed by atoms with E-state index in [1.54, 1.807) is 0 Å². The molecule has 0 heterocycles. The zero-order valence-electron chi connectivity index (χ0n) is 10.9. The standard InChI is InChI=1S/C12H16ClNO4S/c1-12(2,3)7-14-19(17,18)8-4-5-9(11(15)16)10(13)6-8/h4-6,14H,7H2,1-3H3,(H,15,16). The van der Waals surface area contributed by atoms with E-state index in [9.17, 15) is 13.2 Å². The summed E-state index contributed by atoms with van der Waals surface area (Å²) in [6.07, 6.45) is 0. The van der Waals surface area contributed by atoms with Crippen LogP contribution in [0.5, 0.6) is 0 Å². The summed E-state index contributed by atoms with van der Waals surface area (Å²) < 4.78 is 26.4. The zero-order valence-corrected chi connectivity index (χ0v) is 12.5. The van der Waals surface area contributed by atoms with Crippen LogP contribution in [0.15, 0.2) is 23.1 Å². The molecule has 0 bridgehead atoms. The maximum absolute atomic E-state index is 12.0. The Morgan fingerprint density at radius 3 is 2.37 bits per heavy atom. The Hall–Kier alpha value is -1.11. The van der Waals surface area contributed by atoms with E-state index in [-0.39, 0.29) is 27.4 Å². The first-order chi connectivity index (χ1) is 8.53. The van der Waals surface area contributed by atoms with Crippen LogP contribution in [0.2, 0.25) is 5.02 Å². The first-order valence-corrected chi connectivity index (χ1v) is 7.41. The molecule has 0 unspecified atom stereocenters. The number of benzene rings is 1. The maximum atomic E-state index is 12.0. The van der Waals surface area contributed by atoms with E-state index >= 15 is 0 Å². The van der Waals surface area contributed by atoms with Crippen molar-refractivity contribution in [1.82, 2.24) is 4.72 Å². The molecule has 0 amide bonds. The number of hydrogen-bond acceptors (Lipinski definition) is 3. The first kappa shape index (κ1) is 15.9. The molecule has 2 N–H and O–H groups in total. The average molecular weight is 306 g/mol. The summed E-state index contributed by atoms with van der Waals surface area (Å²) in [4.78, 5) is 10.7. The van der Waals surface area contributed by atoms with Gasteiger partial charge in [0.1, 0.15) is 0 Å². The quantitative estimate of drug-likeness (QED) is 0.894. The van der Waals surface area contributed by atoms with E-state index in [0.29, 0.717) is 0 Å². The van der Waals surface area contributed by atoms with Crippen LogP contribution in [0.1, 0.15) is 31.1 Å². The molecule has 0 aliphatic heterocycles. The largest absolute Gasteiger partial charge is 0.478 e. The van der Waals surface area contributed by atoms with Gasteiger partial charge in [0.25, 0.3) is 0 Å². The van der Waals surface area contributed by atoms with Gasteiger partial charge in [-0.15, -0.1) is 0 Å². The minimum atomic E-state index is -3.69. The molecule has 1 aromatic carbocycles. The fourth-order valence-electron chi connectivity index (χ4n) is 1.23. The zero-order chi connectivity index (χ0) is 14.8. The van der Waals surface area contributed by atoms with Crippen molar-refractivity contribution in [1.29, 1.82) is 0 Å². The van der Waals surface area contributed by atoms with Gasteiger partial charge in [-0.05, 0) is 23.6 Å². The number of nitrogens with one attached hydrogen (secondary N) is 1. The highest BCUT2D eigenvalue weighted by atomic mass is 35.5. The summed E-state index contributed by atoms with van der Waals surface area (Å²) in [5.74, 6) is -1.20. The summed E-state index contributed by atoms with van der Waals surface area (Å²) in [5.41, 5.74) is -0.325. The third-order valence-electron chi connectivity index (χ3n) is 2.27. The van der Waals surface area contributed by atoms with Gasteiger partial charge in [-0.1, -0.05) is 32.4 Å². The predicted molar refractivity (Wildman–Crippen MR) is 73.1 cm³/mol. The molecular weight excluding hydrogens is 290 g/mol. The van der Waals surface area contributed by atoms with E-state index in [1.165, 1.54) is 12.1 Å². The second-order valence-electron chi connectivity index (χ2n) is 5.33. The lowest BCUT2D eigenvalue weighted by Crippen LogP contribution is -2.32. The van der Waals surface area contributed by atoms with Crippen LogP contribution in [0.4, 0.5) is 0 Å². The van der Waals surface area contributed by atoms with E-state index in [1.807, 2.05) is 20.8 Å². The van der Waals surface area contributed by atoms with Crippen molar-refractivity contribution in [2.24, 2.45) is 5.41 Å². The highest BCUT2D eigenvalue weighted by Crippen LogP contribution is 2.21. The fraction of sp³-hybridized carbons (Fsp3) is 0.417. The van der Waals surface area contributed by atoms with E-state index in [2.05, 4.69) is 4.72 Å². The molecule has 0 radical (unpaired) electrons. The maximum Gasteiger partial charge on any atom is 0.337 e. The van der Waals surface area contributed by atoms with Gasteiger partial charge in [-0.3, -0.25) is 0 Å². The Kier molecular flexibility index (Phi) is 4.60. The van der Waals surface area contributed by atoms with Crippen molar-refractivity contribution in [3.63, 3.8) is 0 Å². The molecule has 0 aliphatic carbocycles. The number of carbonyl (C=O) groups is 1. The number of rotatable bonds is 4. The van der Waals surface area contributed by atoms with Crippen molar-refractivity contribution in [2.75, 3.05) is 6.54 Å². The number of sulfonamides is 1. The van der Waals surface area contributed by atoms with E-state index < -0.39 is 16.0 Å². The summed E-state index contributed by atoms with van der Waals surface area (Å²) in [7, 11) is -3.69. The molecule has 7 heteroatoms. The van der Waals surface area contributed by atoms with Gasteiger partial charge in [-0.25, -0.2) is 17.9 Å². The Bertz CT molecular complexity index is 590. The van der Waals surface area contributed by atoms with Gasteiger partial charge in [0.15, 0.2) is 0 Å². The second-order valence-corrected chi connectivity index (χ2v) is 7.51. The van der Waals surface area contributed by atoms with Crippen LogP contribution in [-0.4, -0.2) is 26.0 Å². The lowest BCUT2D eigenvalue weighted by molar-refractivity contribution is 0.0697. The molecule has 0 fully saturated rings. The van der Waals surface area contributed by atoms with Gasteiger partial charge in [-0.2, -0.15) is 0 Å². The molecule has 0 saturated heterocycles. The average Bonchev–Trinajstić information content (AvgIpc) is 2.25. The van der Waals surface area contributed by atoms with Crippen molar-refractivity contribution >= 4 is 27.6 Å². The number of halogens is 1. The molecule has 0 aromatic heterocycles. The van der Waals surface area contributed by atoms with Gasteiger partial charge in [0, 0.05) is 6.54 Å². The second kappa shape index (κ2) is 5.48. The molecule has 19 heavy (non-hydrogen) atoms. The van der Waals surface area contributed by atoms with Crippen LogP contribution in [0.25, 0.3) is 0 Å². The number of carboxylic acid groups (broad SMARTS) is 1. The van der Waals surface area contributed by atoms with Gasteiger partial charge >= 0.3 is 5.97 Å². The minimum Gasteiger partial charge on any atom is -0.478 e. The fourth-order valence-corrected chi connectivity index (χ4v) is 2.87. The minimum absolute atomic E-state index is 0.0493. The number of hydrogen-bond donors (Lipinski definition) is 2. The Labute approximate surface area is 117 Å². The van der Waals surface area contributed by atoms with Crippen LogP contribution in [0, 0.1) is 5.41 Å². The Balaban J connectivity index is 3.03. The Morgan fingerprint density at radius 1 is 1.37 bits per heavy atom. The molecule has 106 valence electrons. The topological polar surface area (TPSA) is 83.5 Å². The molecule has 1 aromatic rings. The normalized spacial score (nSPS) is 12.4. The monoisotopic (exact) mass is 305 g/mol. The molecule has 0 aliphatic rings. The van der Waals surface area contributed by atoms with Crippen molar-refractivity contribution in [3.8, 4) is 0 Å². The van der Waals surface area contributed by atoms with E-state index in [0.717, 1.165) is 6.07 Å². The SMILES string of the molecule is CC(C)(C)CNS(=O)(=O)c1ccc(C(=O)O)c(Cl)c1.